The van der Waals surface area contributed by atoms with Crippen LogP contribution in [0.15, 0.2) is 43.9 Å². The van der Waals surface area contributed by atoms with Crippen molar-refractivity contribution >= 4 is 38.7 Å². The van der Waals surface area contributed by atoms with Crippen molar-refractivity contribution in [3.8, 4) is 5.75 Å². The summed E-state index contributed by atoms with van der Waals surface area (Å²) in [5.41, 5.74) is 0. The summed E-state index contributed by atoms with van der Waals surface area (Å²) in [7, 11) is 1.37. The lowest BCUT2D eigenvalue weighted by atomic mass is 10.3. The molecular formula is C6H5BrN3OP3. The molecule has 0 saturated heterocycles. The molecule has 8 heteroatoms. The van der Waals surface area contributed by atoms with Gasteiger partial charge in [-0.15, -0.1) is 0 Å². The lowest BCUT2D eigenvalue weighted by Crippen LogP contribution is -1.82. The summed E-state index contributed by atoms with van der Waals surface area (Å²) in [6.07, 6.45) is -2.14. The van der Waals surface area contributed by atoms with Crippen molar-refractivity contribution in [1.82, 2.24) is 0 Å². The number of halogens is 1. The lowest BCUT2D eigenvalue weighted by Gasteiger charge is -2.12. The van der Waals surface area contributed by atoms with Crippen molar-refractivity contribution in [3.05, 3.63) is 30.3 Å². The molecule has 0 N–H and O–H groups in total. The first-order chi connectivity index (χ1) is 6.79. The molecule has 4 nitrogen and oxygen atoms in total. The van der Waals surface area contributed by atoms with E-state index in [1.807, 2.05) is 30.3 Å². The first kappa shape index (κ1) is 10.4. The van der Waals surface area contributed by atoms with Crippen LogP contribution in [0.2, 0.25) is 0 Å². The normalized spacial score (nSPS) is 26.6. The van der Waals surface area contributed by atoms with Crippen molar-refractivity contribution < 1.29 is 4.52 Å². The number of nitrogens with zero attached hydrogens (tertiary/aromatic N) is 3. The minimum absolute atomic E-state index is 0.684. The summed E-state index contributed by atoms with van der Waals surface area (Å²) in [5, 5.41) is 0. The average Bonchev–Trinajstić information content (AvgIpc) is 2.19. The highest BCUT2D eigenvalue weighted by Gasteiger charge is 2.17. The minimum Gasteiger partial charge on any atom is -0.434 e. The molecule has 2 rings (SSSR count). The van der Waals surface area contributed by atoms with Crippen LogP contribution in [-0.4, -0.2) is 0 Å². The van der Waals surface area contributed by atoms with Gasteiger partial charge in [0.2, 0.25) is 0 Å². The quantitative estimate of drug-likeness (QED) is 0.664. The summed E-state index contributed by atoms with van der Waals surface area (Å²) < 4.78 is 18.0. The highest BCUT2D eigenvalue weighted by atomic mass is 79.9. The van der Waals surface area contributed by atoms with Crippen LogP contribution in [0.1, 0.15) is 0 Å². The molecule has 1 heterocycles. The predicted molar refractivity (Wildman–Crippen MR) is 64.0 cm³/mol. The molecular weight excluding hydrogens is 303 g/mol. The summed E-state index contributed by atoms with van der Waals surface area (Å²) in [6.45, 7) is 0. The van der Waals surface area contributed by atoms with E-state index in [0.717, 1.165) is 5.75 Å². The van der Waals surface area contributed by atoms with Crippen molar-refractivity contribution in [3.63, 3.8) is 0 Å². The average molecular weight is 308 g/mol. The van der Waals surface area contributed by atoms with E-state index in [1.165, 1.54) is 0 Å². The third-order valence-corrected chi connectivity index (χ3v) is 7.82. The van der Waals surface area contributed by atoms with Gasteiger partial charge in [0.05, 0.1) is 0 Å². The highest BCUT2D eigenvalue weighted by molar-refractivity contribution is 9.40. The Hall–Kier alpha value is -0.0700. The molecule has 1 aliphatic heterocycles. The minimum atomic E-state index is -2.14. The molecule has 72 valence electrons. The van der Waals surface area contributed by atoms with E-state index in [9.17, 15) is 0 Å². The summed E-state index contributed by atoms with van der Waals surface area (Å²) >= 11 is 3.41. The molecule has 1 unspecified atom stereocenters. The van der Waals surface area contributed by atoms with E-state index in [4.69, 9.17) is 4.52 Å². The second kappa shape index (κ2) is 4.63. The van der Waals surface area contributed by atoms with Gasteiger partial charge >= 0.3 is 6.13 Å². The first-order valence-electron chi connectivity index (χ1n) is 3.67. The zero-order valence-corrected chi connectivity index (χ0v) is 11.1. The molecule has 1 aromatic rings. The molecule has 0 spiro atoms. The molecule has 0 aromatic heterocycles. The molecule has 0 saturated carbocycles. The van der Waals surface area contributed by atoms with Crippen LogP contribution in [0.3, 0.4) is 0 Å². The van der Waals surface area contributed by atoms with E-state index in [1.54, 1.807) is 0 Å². The fraction of sp³-hybridized carbons (Fsp3) is 0. The van der Waals surface area contributed by atoms with E-state index in [0.29, 0.717) is 17.0 Å². The van der Waals surface area contributed by atoms with Gasteiger partial charge in [-0.25, -0.2) is 0 Å². The predicted octanol–water partition coefficient (Wildman–Crippen LogP) is 5.51. The molecule has 1 aromatic carbocycles. The van der Waals surface area contributed by atoms with Crippen molar-refractivity contribution in [2.24, 2.45) is 13.5 Å². The second-order valence-corrected chi connectivity index (χ2v) is 8.73. The fourth-order valence-electron chi connectivity index (χ4n) is 0.822. The summed E-state index contributed by atoms with van der Waals surface area (Å²) in [5.74, 6) is 0.775. The molecule has 1 atom stereocenters. The molecule has 0 fully saturated rings. The smallest absolute Gasteiger partial charge is 0.328 e. The van der Waals surface area contributed by atoms with Crippen LogP contribution >= 0.6 is 38.7 Å². The van der Waals surface area contributed by atoms with Gasteiger partial charge in [-0.3, -0.25) is 0 Å². The van der Waals surface area contributed by atoms with Gasteiger partial charge in [0.15, 0.2) is 17.0 Å². The van der Waals surface area contributed by atoms with Gasteiger partial charge < -0.3 is 4.52 Å². The Bertz CT molecular complexity index is 433. The number of benzene rings is 1. The molecule has 0 bridgehead atoms. The molecule has 0 aliphatic carbocycles. The third kappa shape index (κ3) is 2.71. The van der Waals surface area contributed by atoms with Crippen molar-refractivity contribution in [2.75, 3.05) is 0 Å². The van der Waals surface area contributed by atoms with E-state index < -0.39 is 6.13 Å². The monoisotopic (exact) mass is 307 g/mol. The fourth-order valence-corrected chi connectivity index (χ4v) is 5.48. The van der Waals surface area contributed by atoms with Crippen LogP contribution in [0.25, 0.3) is 0 Å². The molecule has 0 amide bonds. The van der Waals surface area contributed by atoms with Crippen LogP contribution in [-0.2, 0) is 0 Å². The molecule has 14 heavy (non-hydrogen) atoms. The third-order valence-electron chi connectivity index (χ3n) is 1.35. The van der Waals surface area contributed by atoms with Gasteiger partial charge in [-0.05, 0) is 12.1 Å². The maximum atomic E-state index is 5.66. The van der Waals surface area contributed by atoms with E-state index >= 15 is 0 Å². The van der Waals surface area contributed by atoms with Gasteiger partial charge in [-0.2, -0.15) is 13.5 Å². The number of rotatable bonds is 2. The Kier molecular flexibility index (Phi) is 3.46. The van der Waals surface area contributed by atoms with Crippen LogP contribution < -0.4 is 4.52 Å². The highest BCUT2D eigenvalue weighted by Crippen LogP contribution is 2.64. The number of para-hydroxylation sites is 1. The van der Waals surface area contributed by atoms with Crippen LogP contribution in [0.5, 0.6) is 5.75 Å². The zero-order valence-electron chi connectivity index (χ0n) is 6.86. The Morgan fingerprint density at radius 1 is 1.21 bits per heavy atom. The Labute approximate surface area is 92.9 Å². The van der Waals surface area contributed by atoms with Crippen molar-refractivity contribution in [1.29, 1.82) is 0 Å². The van der Waals surface area contributed by atoms with Gasteiger partial charge in [0.25, 0.3) is 0 Å². The molecule has 0 radical (unpaired) electrons. The zero-order chi connectivity index (χ0) is 9.86. The maximum Gasteiger partial charge on any atom is 0.328 e. The summed E-state index contributed by atoms with van der Waals surface area (Å²) in [6, 6.07) is 9.53. The van der Waals surface area contributed by atoms with Crippen LogP contribution in [0, 0.1) is 0 Å². The molecule has 1 aliphatic rings. The van der Waals surface area contributed by atoms with Gasteiger partial charge in [0, 0.05) is 15.5 Å². The lowest BCUT2D eigenvalue weighted by molar-refractivity contribution is 0.621. The number of hydrogen-bond acceptors (Lipinski definition) is 4. The van der Waals surface area contributed by atoms with Crippen molar-refractivity contribution in [2.45, 2.75) is 0 Å². The standard InChI is InChI=1S/C6H5BrN3OP3/c7-14(9-12-8-13-10-14)11-6-4-2-1-3-5-6/h1-5H. The second-order valence-electron chi connectivity index (χ2n) is 2.32. The van der Waals surface area contributed by atoms with E-state index in [2.05, 4.69) is 29.0 Å². The topological polar surface area (TPSA) is 46.3 Å². The largest absolute Gasteiger partial charge is 0.434 e. The maximum absolute atomic E-state index is 5.66. The van der Waals surface area contributed by atoms with Gasteiger partial charge in [-0.1, -0.05) is 18.2 Å². The SMILES string of the molecule is BrP1(Oc2ccccc2)=NP=NP=N1. The summed E-state index contributed by atoms with van der Waals surface area (Å²) in [4.78, 5) is 0. The van der Waals surface area contributed by atoms with Crippen LogP contribution in [0.4, 0.5) is 0 Å². The first-order valence-corrected chi connectivity index (χ1v) is 8.90. The Morgan fingerprint density at radius 3 is 2.64 bits per heavy atom. The van der Waals surface area contributed by atoms with E-state index in [-0.39, 0.29) is 0 Å². The van der Waals surface area contributed by atoms with Gasteiger partial charge in [0.1, 0.15) is 5.75 Å². The number of hydrogen-bond donors (Lipinski definition) is 0. The Balaban J connectivity index is 2.23. The Morgan fingerprint density at radius 2 is 2.00 bits per heavy atom.